The number of hydrazone groups is 1. The number of hydrogen-bond donors (Lipinski definition) is 1. The van der Waals surface area contributed by atoms with Crippen LogP contribution in [0.25, 0.3) is 0 Å². The van der Waals surface area contributed by atoms with Crippen molar-refractivity contribution in [1.29, 1.82) is 0 Å². The van der Waals surface area contributed by atoms with E-state index in [1.54, 1.807) is 74.7 Å². The molecule has 3 aromatic rings. The predicted molar refractivity (Wildman–Crippen MR) is 118 cm³/mol. The van der Waals surface area contributed by atoms with Crippen LogP contribution in [0.2, 0.25) is 0 Å². The summed E-state index contributed by atoms with van der Waals surface area (Å²) in [5, 5.41) is 6.01. The van der Waals surface area contributed by atoms with Gasteiger partial charge in [-0.25, -0.2) is 13.4 Å². The van der Waals surface area contributed by atoms with Crippen LogP contribution in [0.15, 0.2) is 81.3 Å². The maximum Gasteiger partial charge on any atom is 0.262 e. The first-order chi connectivity index (χ1) is 14.9. The molecule has 8 heteroatoms. The summed E-state index contributed by atoms with van der Waals surface area (Å²) in [5.41, 5.74) is 2.70. The smallest absolute Gasteiger partial charge is 0.262 e. The fraction of sp³-hybridized carbons (Fsp3) is 0.217. The number of aryl methyl sites for hydroxylation is 1. The Bertz CT molecular complexity index is 1220. The molecule has 160 valence electrons. The molecule has 0 saturated carbocycles. The monoisotopic (exact) mass is 437 g/mol. The fourth-order valence-electron chi connectivity index (χ4n) is 3.58. The Morgan fingerprint density at radius 3 is 2.52 bits per heavy atom. The van der Waals surface area contributed by atoms with Crippen LogP contribution in [0.3, 0.4) is 0 Å². The summed E-state index contributed by atoms with van der Waals surface area (Å²) in [6.45, 7) is 3.55. The van der Waals surface area contributed by atoms with Crippen LogP contribution in [0.1, 0.15) is 42.7 Å². The maximum absolute atomic E-state index is 12.7. The minimum absolute atomic E-state index is 0.0842. The van der Waals surface area contributed by atoms with Crippen molar-refractivity contribution in [3.8, 4) is 0 Å². The topological polar surface area (TPSA) is 92.0 Å². The molecule has 2 heterocycles. The Balaban J connectivity index is 1.55. The molecule has 1 unspecified atom stereocenters. The van der Waals surface area contributed by atoms with Gasteiger partial charge in [-0.2, -0.15) is 5.10 Å². The van der Waals surface area contributed by atoms with E-state index in [0.717, 1.165) is 11.3 Å². The van der Waals surface area contributed by atoms with Crippen molar-refractivity contribution in [3.05, 3.63) is 83.8 Å². The normalized spacial score (nSPS) is 16.3. The number of sulfonamides is 1. The van der Waals surface area contributed by atoms with Gasteiger partial charge in [-0.3, -0.25) is 9.52 Å². The summed E-state index contributed by atoms with van der Waals surface area (Å²) in [4.78, 5) is 12.6. The standard InChI is InChI=1S/C23H23N3O4S/c1-3-23(27)26-20(21-8-6-14-30-21)15-19(24-26)17-10-12-18(13-11-17)25-31(28,29)22-9-5-4-7-16(22)2/h4-14,20,25H,3,15H2,1-2H3. The minimum Gasteiger partial charge on any atom is -0.467 e. The van der Waals surface area contributed by atoms with E-state index in [1.807, 2.05) is 6.07 Å². The van der Waals surface area contributed by atoms with E-state index in [9.17, 15) is 13.2 Å². The molecular formula is C23H23N3O4S. The van der Waals surface area contributed by atoms with Gasteiger partial charge in [0.2, 0.25) is 5.91 Å². The van der Waals surface area contributed by atoms with E-state index in [4.69, 9.17) is 4.42 Å². The lowest BCUT2D eigenvalue weighted by molar-refractivity contribution is -0.133. The molecule has 0 bridgehead atoms. The van der Waals surface area contributed by atoms with Crippen molar-refractivity contribution in [2.75, 3.05) is 4.72 Å². The van der Waals surface area contributed by atoms with Crippen LogP contribution < -0.4 is 4.72 Å². The van der Waals surface area contributed by atoms with Gasteiger partial charge in [0.25, 0.3) is 10.0 Å². The van der Waals surface area contributed by atoms with Crippen LogP contribution in [0, 0.1) is 6.92 Å². The van der Waals surface area contributed by atoms with Gasteiger partial charge in [-0.05, 0) is 48.4 Å². The molecule has 4 rings (SSSR count). The quantitative estimate of drug-likeness (QED) is 0.616. The molecule has 1 atom stereocenters. The molecule has 2 aromatic carbocycles. The number of carbonyl (C=O) groups excluding carboxylic acids is 1. The van der Waals surface area contributed by atoms with Gasteiger partial charge < -0.3 is 4.42 Å². The van der Waals surface area contributed by atoms with Crippen molar-refractivity contribution in [1.82, 2.24) is 5.01 Å². The second-order valence-electron chi connectivity index (χ2n) is 7.32. The number of carbonyl (C=O) groups is 1. The summed E-state index contributed by atoms with van der Waals surface area (Å²) in [5.74, 6) is 0.599. The van der Waals surface area contributed by atoms with Crippen LogP contribution in [-0.2, 0) is 14.8 Å². The average Bonchev–Trinajstić information content (AvgIpc) is 3.43. The molecule has 0 saturated heterocycles. The Morgan fingerprint density at radius 1 is 1.13 bits per heavy atom. The molecule has 0 aliphatic carbocycles. The van der Waals surface area contributed by atoms with Crippen molar-refractivity contribution < 1.29 is 17.6 Å². The van der Waals surface area contributed by atoms with Crippen LogP contribution in [0.5, 0.6) is 0 Å². The Hall–Kier alpha value is -3.39. The zero-order valence-corrected chi connectivity index (χ0v) is 18.1. The van der Waals surface area contributed by atoms with E-state index < -0.39 is 10.0 Å². The van der Waals surface area contributed by atoms with Crippen molar-refractivity contribution in [3.63, 3.8) is 0 Å². The third kappa shape index (κ3) is 4.25. The predicted octanol–water partition coefficient (Wildman–Crippen LogP) is 4.48. The number of hydrogen-bond acceptors (Lipinski definition) is 5. The zero-order chi connectivity index (χ0) is 22.0. The SMILES string of the molecule is CCC(=O)N1N=C(c2ccc(NS(=O)(=O)c3ccccc3C)cc2)CC1c1ccco1. The third-order valence-corrected chi connectivity index (χ3v) is 6.73. The molecule has 0 fully saturated rings. The van der Waals surface area contributed by atoms with E-state index in [0.29, 0.717) is 29.9 Å². The van der Waals surface area contributed by atoms with Gasteiger partial charge in [0, 0.05) is 18.5 Å². The highest BCUT2D eigenvalue weighted by Gasteiger charge is 2.34. The molecule has 0 radical (unpaired) electrons. The van der Waals surface area contributed by atoms with Crippen LogP contribution in [0.4, 0.5) is 5.69 Å². The van der Waals surface area contributed by atoms with Crippen molar-refractivity contribution >= 4 is 27.3 Å². The van der Waals surface area contributed by atoms with Crippen LogP contribution in [-0.4, -0.2) is 25.0 Å². The Kier molecular flexibility index (Phi) is 5.65. The highest BCUT2D eigenvalue weighted by Crippen LogP contribution is 2.33. The van der Waals surface area contributed by atoms with E-state index in [2.05, 4.69) is 9.82 Å². The van der Waals surface area contributed by atoms with Gasteiger partial charge in [-0.1, -0.05) is 37.3 Å². The number of nitrogens with one attached hydrogen (secondary N) is 1. The van der Waals surface area contributed by atoms with E-state index in [-0.39, 0.29) is 16.8 Å². The molecule has 1 aliphatic heterocycles. The number of furan rings is 1. The second-order valence-corrected chi connectivity index (χ2v) is 8.97. The molecule has 1 N–H and O–H groups in total. The first-order valence-corrected chi connectivity index (χ1v) is 11.5. The summed E-state index contributed by atoms with van der Waals surface area (Å²) < 4.78 is 33.5. The molecule has 31 heavy (non-hydrogen) atoms. The summed E-state index contributed by atoms with van der Waals surface area (Å²) in [6.07, 6.45) is 2.44. The van der Waals surface area contributed by atoms with Gasteiger partial charge in [0.05, 0.1) is 16.9 Å². The minimum atomic E-state index is -3.68. The van der Waals surface area contributed by atoms with Crippen LogP contribution >= 0.6 is 0 Å². The van der Waals surface area contributed by atoms with Gasteiger partial charge >= 0.3 is 0 Å². The highest BCUT2D eigenvalue weighted by molar-refractivity contribution is 7.92. The molecule has 1 aliphatic rings. The lowest BCUT2D eigenvalue weighted by Crippen LogP contribution is -2.25. The van der Waals surface area contributed by atoms with Gasteiger partial charge in [0.15, 0.2) is 0 Å². The molecule has 0 spiro atoms. The molecule has 1 amide bonds. The van der Waals surface area contributed by atoms with E-state index in [1.165, 1.54) is 5.01 Å². The largest absolute Gasteiger partial charge is 0.467 e. The number of anilines is 1. The maximum atomic E-state index is 12.7. The average molecular weight is 438 g/mol. The first kappa shape index (κ1) is 20.9. The van der Waals surface area contributed by atoms with Crippen molar-refractivity contribution in [2.24, 2.45) is 5.10 Å². The summed E-state index contributed by atoms with van der Waals surface area (Å²) >= 11 is 0. The number of benzene rings is 2. The first-order valence-electron chi connectivity index (χ1n) is 10.0. The summed E-state index contributed by atoms with van der Waals surface area (Å²) in [6, 6.07) is 17.2. The second kappa shape index (κ2) is 8.39. The summed E-state index contributed by atoms with van der Waals surface area (Å²) in [7, 11) is -3.68. The lowest BCUT2D eigenvalue weighted by Gasteiger charge is -2.18. The lowest BCUT2D eigenvalue weighted by atomic mass is 10.0. The Labute approximate surface area is 181 Å². The van der Waals surface area contributed by atoms with E-state index >= 15 is 0 Å². The van der Waals surface area contributed by atoms with Crippen molar-refractivity contribution in [2.45, 2.75) is 37.6 Å². The third-order valence-electron chi connectivity index (χ3n) is 5.19. The molecular weight excluding hydrogens is 414 g/mol. The highest BCUT2D eigenvalue weighted by atomic mass is 32.2. The molecule has 7 nitrogen and oxygen atoms in total. The molecule has 1 aromatic heterocycles. The Morgan fingerprint density at radius 2 is 1.87 bits per heavy atom. The number of nitrogens with zero attached hydrogens (tertiary/aromatic N) is 2. The van der Waals surface area contributed by atoms with Gasteiger partial charge in [-0.15, -0.1) is 0 Å². The number of rotatable bonds is 6. The fourth-order valence-corrected chi connectivity index (χ4v) is 4.88. The number of amides is 1. The van der Waals surface area contributed by atoms with Gasteiger partial charge in [0.1, 0.15) is 11.8 Å². The zero-order valence-electron chi connectivity index (χ0n) is 17.3.